The van der Waals surface area contributed by atoms with Gasteiger partial charge in [-0.25, -0.2) is 4.39 Å². The molecule has 0 atom stereocenters. The Balaban J connectivity index is 2.41. The standard InChI is InChI=1S/C11H13FN2O/c12-9-5-4-6-10(14)11(9)15-8-3-1-2-7-13/h4-6H,1-3,8,14H2. The quantitative estimate of drug-likeness (QED) is 0.597. The van der Waals surface area contributed by atoms with Crippen LogP contribution in [0.4, 0.5) is 10.1 Å². The molecule has 1 aromatic rings. The Morgan fingerprint density at radius 1 is 1.40 bits per heavy atom. The van der Waals surface area contributed by atoms with E-state index in [-0.39, 0.29) is 5.75 Å². The van der Waals surface area contributed by atoms with E-state index in [1.807, 2.05) is 6.07 Å². The zero-order valence-corrected chi connectivity index (χ0v) is 8.37. The van der Waals surface area contributed by atoms with E-state index in [9.17, 15) is 4.39 Å². The van der Waals surface area contributed by atoms with Gasteiger partial charge in [-0.1, -0.05) is 6.07 Å². The predicted octanol–water partition coefficient (Wildman–Crippen LogP) is 2.48. The van der Waals surface area contributed by atoms with E-state index in [0.717, 1.165) is 12.8 Å². The van der Waals surface area contributed by atoms with Crippen LogP contribution < -0.4 is 10.5 Å². The molecule has 0 aliphatic rings. The van der Waals surface area contributed by atoms with Gasteiger partial charge in [-0.2, -0.15) is 5.26 Å². The zero-order chi connectivity index (χ0) is 11.1. The minimum atomic E-state index is -0.449. The third-order valence-electron chi connectivity index (χ3n) is 1.93. The van der Waals surface area contributed by atoms with Gasteiger partial charge in [0.1, 0.15) is 0 Å². The number of rotatable bonds is 5. The zero-order valence-electron chi connectivity index (χ0n) is 8.37. The maximum Gasteiger partial charge on any atom is 0.177 e. The van der Waals surface area contributed by atoms with E-state index in [2.05, 4.69) is 0 Å². The van der Waals surface area contributed by atoms with Crippen LogP contribution in [-0.2, 0) is 0 Å². The first-order valence-corrected chi connectivity index (χ1v) is 4.79. The second kappa shape index (κ2) is 5.86. The van der Waals surface area contributed by atoms with Crippen LogP contribution in [-0.4, -0.2) is 6.61 Å². The largest absolute Gasteiger partial charge is 0.488 e. The molecular formula is C11H13FN2O. The van der Waals surface area contributed by atoms with Gasteiger partial charge in [-0.3, -0.25) is 0 Å². The molecule has 0 saturated carbocycles. The van der Waals surface area contributed by atoms with Crippen LogP contribution >= 0.6 is 0 Å². The summed E-state index contributed by atoms with van der Waals surface area (Å²) in [7, 11) is 0. The predicted molar refractivity (Wildman–Crippen MR) is 55.8 cm³/mol. The van der Waals surface area contributed by atoms with Gasteiger partial charge in [-0.05, 0) is 25.0 Å². The van der Waals surface area contributed by atoms with Gasteiger partial charge in [0, 0.05) is 6.42 Å². The second-order valence-corrected chi connectivity index (χ2v) is 3.12. The number of unbranched alkanes of at least 4 members (excludes halogenated alkanes) is 2. The van der Waals surface area contributed by atoms with Crippen LogP contribution in [0.15, 0.2) is 18.2 Å². The SMILES string of the molecule is N#CCCCCOc1c(N)cccc1F. The molecule has 0 aliphatic heterocycles. The highest BCUT2D eigenvalue weighted by Crippen LogP contribution is 2.24. The van der Waals surface area contributed by atoms with Gasteiger partial charge in [0.2, 0.25) is 0 Å². The molecule has 0 saturated heterocycles. The summed E-state index contributed by atoms with van der Waals surface area (Å²) >= 11 is 0. The molecule has 0 aliphatic carbocycles. The molecule has 80 valence electrons. The number of hydrogen-bond acceptors (Lipinski definition) is 3. The molecule has 3 nitrogen and oxygen atoms in total. The second-order valence-electron chi connectivity index (χ2n) is 3.12. The van der Waals surface area contributed by atoms with Gasteiger partial charge in [0.25, 0.3) is 0 Å². The number of benzene rings is 1. The number of nitrogens with zero attached hydrogens (tertiary/aromatic N) is 1. The number of hydrogen-bond donors (Lipinski definition) is 1. The lowest BCUT2D eigenvalue weighted by atomic mass is 10.2. The topological polar surface area (TPSA) is 59.0 Å². The van der Waals surface area contributed by atoms with Crippen molar-refractivity contribution < 1.29 is 9.13 Å². The summed E-state index contributed by atoms with van der Waals surface area (Å²) < 4.78 is 18.4. The van der Waals surface area contributed by atoms with Gasteiger partial charge in [0.15, 0.2) is 11.6 Å². The minimum absolute atomic E-state index is 0.106. The van der Waals surface area contributed by atoms with Crippen molar-refractivity contribution in [2.75, 3.05) is 12.3 Å². The molecule has 0 heterocycles. The first kappa shape index (κ1) is 11.3. The van der Waals surface area contributed by atoms with Crippen LogP contribution in [0.2, 0.25) is 0 Å². The summed E-state index contributed by atoms with van der Waals surface area (Å²) in [4.78, 5) is 0. The van der Waals surface area contributed by atoms with Crippen LogP contribution in [0.25, 0.3) is 0 Å². The smallest absolute Gasteiger partial charge is 0.177 e. The van der Waals surface area contributed by atoms with Crippen molar-refractivity contribution in [3.8, 4) is 11.8 Å². The minimum Gasteiger partial charge on any atom is -0.488 e. The highest BCUT2D eigenvalue weighted by atomic mass is 19.1. The molecule has 1 aromatic carbocycles. The molecule has 1 rings (SSSR count). The van der Waals surface area contributed by atoms with Crippen molar-refractivity contribution in [1.82, 2.24) is 0 Å². The average molecular weight is 208 g/mol. The number of halogens is 1. The van der Waals surface area contributed by atoms with E-state index in [1.165, 1.54) is 12.1 Å². The highest BCUT2D eigenvalue weighted by Gasteiger charge is 2.06. The fourth-order valence-corrected chi connectivity index (χ4v) is 1.16. The van der Waals surface area contributed by atoms with E-state index in [1.54, 1.807) is 6.07 Å². The van der Waals surface area contributed by atoms with Crippen LogP contribution in [0, 0.1) is 17.1 Å². The lowest BCUT2D eigenvalue weighted by Gasteiger charge is -2.08. The van der Waals surface area contributed by atoms with Crippen molar-refractivity contribution >= 4 is 5.69 Å². The molecular weight excluding hydrogens is 195 g/mol. The maximum atomic E-state index is 13.2. The fraction of sp³-hybridized carbons (Fsp3) is 0.364. The lowest BCUT2D eigenvalue weighted by molar-refractivity contribution is 0.294. The highest BCUT2D eigenvalue weighted by molar-refractivity contribution is 5.52. The van der Waals surface area contributed by atoms with E-state index in [0.29, 0.717) is 18.7 Å². The van der Waals surface area contributed by atoms with E-state index < -0.39 is 5.82 Å². The third-order valence-corrected chi connectivity index (χ3v) is 1.93. The Morgan fingerprint density at radius 2 is 2.20 bits per heavy atom. The van der Waals surface area contributed by atoms with Crippen LogP contribution in [0.3, 0.4) is 0 Å². The van der Waals surface area contributed by atoms with Crippen LogP contribution in [0.5, 0.6) is 5.75 Å². The molecule has 15 heavy (non-hydrogen) atoms. The van der Waals surface area contributed by atoms with E-state index >= 15 is 0 Å². The number of ether oxygens (including phenoxy) is 1. The summed E-state index contributed by atoms with van der Waals surface area (Å²) in [5.74, 6) is -0.343. The van der Waals surface area contributed by atoms with Crippen molar-refractivity contribution in [3.05, 3.63) is 24.0 Å². The Labute approximate surface area is 88.3 Å². The fourth-order valence-electron chi connectivity index (χ4n) is 1.16. The van der Waals surface area contributed by atoms with Crippen molar-refractivity contribution in [1.29, 1.82) is 5.26 Å². The van der Waals surface area contributed by atoms with Gasteiger partial charge in [-0.15, -0.1) is 0 Å². The summed E-state index contributed by atoms with van der Waals surface area (Å²) in [5, 5.41) is 8.30. The Morgan fingerprint density at radius 3 is 2.87 bits per heavy atom. The molecule has 4 heteroatoms. The molecule has 0 unspecified atom stereocenters. The molecule has 0 amide bonds. The number of nitriles is 1. The first-order valence-electron chi connectivity index (χ1n) is 4.79. The monoisotopic (exact) mass is 208 g/mol. The van der Waals surface area contributed by atoms with Gasteiger partial charge >= 0.3 is 0 Å². The summed E-state index contributed by atoms with van der Waals surface area (Å²) in [6.07, 6.45) is 1.97. The molecule has 0 aromatic heterocycles. The lowest BCUT2D eigenvalue weighted by Crippen LogP contribution is -2.02. The molecule has 0 spiro atoms. The summed E-state index contributed by atoms with van der Waals surface area (Å²) in [6.45, 7) is 0.382. The summed E-state index contributed by atoms with van der Waals surface area (Å²) in [5.41, 5.74) is 5.85. The Kier molecular flexibility index (Phi) is 4.42. The Hall–Kier alpha value is -1.76. The number of para-hydroxylation sites is 1. The third kappa shape index (κ3) is 3.47. The van der Waals surface area contributed by atoms with Crippen molar-refractivity contribution in [2.24, 2.45) is 0 Å². The first-order chi connectivity index (χ1) is 7.25. The van der Waals surface area contributed by atoms with E-state index in [4.69, 9.17) is 15.7 Å². The van der Waals surface area contributed by atoms with Crippen molar-refractivity contribution in [3.63, 3.8) is 0 Å². The number of nitrogens with two attached hydrogens (primary N) is 1. The molecule has 2 N–H and O–H groups in total. The number of nitrogen functional groups attached to an aromatic ring is 1. The van der Waals surface area contributed by atoms with Crippen LogP contribution in [0.1, 0.15) is 19.3 Å². The van der Waals surface area contributed by atoms with Crippen molar-refractivity contribution in [2.45, 2.75) is 19.3 Å². The summed E-state index contributed by atoms with van der Waals surface area (Å²) in [6, 6.07) is 6.47. The maximum absolute atomic E-state index is 13.2. The van der Waals surface area contributed by atoms with Gasteiger partial charge < -0.3 is 10.5 Å². The normalized spacial score (nSPS) is 9.60. The molecule has 0 bridgehead atoms. The number of anilines is 1. The Bertz CT molecular complexity index is 340. The molecule has 0 radical (unpaired) electrons. The van der Waals surface area contributed by atoms with Gasteiger partial charge in [0.05, 0.1) is 18.4 Å². The average Bonchev–Trinajstić information content (AvgIpc) is 2.21. The molecule has 0 fully saturated rings.